The molecule has 0 fully saturated rings. The number of methoxy groups -OCH3 is 2. The van der Waals surface area contributed by atoms with Crippen LogP contribution >= 0.6 is 0 Å². The third-order valence-electron chi connectivity index (χ3n) is 5.36. The van der Waals surface area contributed by atoms with Gasteiger partial charge in [0, 0.05) is 19.0 Å². The minimum absolute atomic E-state index is 0.00803. The first-order valence-electron chi connectivity index (χ1n) is 10.8. The molecule has 1 aromatic carbocycles. The minimum atomic E-state index is -0.284. The zero-order valence-corrected chi connectivity index (χ0v) is 19.4. The summed E-state index contributed by atoms with van der Waals surface area (Å²) in [6.45, 7) is 10.5. The summed E-state index contributed by atoms with van der Waals surface area (Å²) < 4.78 is 11.0. The van der Waals surface area contributed by atoms with E-state index < -0.39 is 0 Å². The first kappa shape index (κ1) is 23.8. The summed E-state index contributed by atoms with van der Waals surface area (Å²) in [6, 6.07) is 3.36. The number of carbonyl (C=O) groups excluding carboxylic acids is 2. The Morgan fingerprint density at radius 2 is 1.73 bits per heavy atom. The van der Waals surface area contributed by atoms with Crippen LogP contribution in [-0.2, 0) is 11.2 Å². The number of carbonyl (C=O) groups is 2. The smallest absolute Gasteiger partial charge is 0.318 e. The fourth-order valence-corrected chi connectivity index (χ4v) is 4.01. The second-order valence-electron chi connectivity index (χ2n) is 8.58. The Hall–Kier alpha value is -2.44. The van der Waals surface area contributed by atoms with E-state index in [0.717, 1.165) is 11.1 Å². The molecule has 2 rings (SSSR count). The van der Waals surface area contributed by atoms with Crippen molar-refractivity contribution < 1.29 is 19.1 Å². The molecule has 1 aliphatic heterocycles. The van der Waals surface area contributed by atoms with E-state index in [1.165, 1.54) is 0 Å². The first-order chi connectivity index (χ1) is 14.2. The molecule has 1 heterocycles. The number of fused-ring (bicyclic) bond motifs is 1. The van der Waals surface area contributed by atoms with Crippen molar-refractivity contribution in [3.05, 3.63) is 23.3 Å². The lowest BCUT2D eigenvalue weighted by Crippen LogP contribution is -2.54. The Balaban J connectivity index is 2.49. The summed E-state index contributed by atoms with van der Waals surface area (Å²) in [7, 11) is 3.22. The molecular formula is C23H37N3O4. The van der Waals surface area contributed by atoms with E-state index in [4.69, 9.17) is 9.47 Å². The van der Waals surface area contributed by atoms with Crippen molar-refractivity contribution in [3.63, 3.8) is 0 Å². The highest BCUT2D eigenvalue weighted by atomic mass is 16.5. The molecule has 7 nitrogen and oxygen atoms in total. The van der Waals surface area contributed by atoms with Gasteiger partial charge in [-0.25, -0.2) is 4.79 Å². The van der Waals surface area contributed by atoms with Gasteiger partial charge in [0.15, 0.2) is 11.5 Å². The molecule has 0 aliphatic carbocycles. The fraction of sp³-hybridized carbons (Fsp3) is 0.652. The molecule has 0 saturated heterocycles. The molecule has 1 aliphatic rings. The van der Waals surface area contributed by atoms with Gasteiger partial charge in [0.05, 0.1) is 26.3 Å². The SMILES string of the molecule is CCC(NC(=O)CC(C)C)C1c2cc(OC)c(OC)cc2CCN1C(=O)NC(C)C. The molecule has 7 heteroatoms. The van der Waals surface area contributed by atoms with Crippen LogP contribution in [-0.4, -0.2) is 49.7 Å². The van der Waals surface area contributed by atoms with Gasteiger partial charge in [-0.15, -0.1) is 0 Å². The molecule has 0 spiro atoms. The van der Waals surface area contributed by atoms with Crippen LogP contribution in [0.3, 0.4) is 0 Å². The highest BCUT2D eigenvalue weighted by Crippen LogP contribution is 2.40. The van der Waals surface area contributed by atoms with Crippen molar-refractivity contribution in [2.24, 2.45) is 5.92 Å². The predicted octanol–water partition coefficient (Wildman–Crippen LogP) is 3.66. The molecule has 2 unspecified atom stereocenters. The number of nitrogens with one attached hydrogen (secondary N) is 2. The van der Waals surface area contributed by atoms with Crippen molar-refractivity contribution in [1.82, 2.24) is 15.5 Å². The van der Waals surface area contributed by atoms with Gasteiger partial charge < -0.3 is 25.0 Å². The number of hydrogen-bond acceptors (Lipinski definition) is 4. The predicted molar refractivity (Wildman–Crippen MR) is 118 cm³/mol. The molecule has 0 saturated carbocycles. The highest BCUT2D eigenvalue weighted by Gasteiger charge is 2.37. The van der Waals surface area contributed by atoms with Crippen LogP contribution in [0.5, 0.6) is 11.5 Å². The van der Waals surface area contributed by atoms with E-state index in [2.05, 4.69) is 10.6 Å². The Bertz CT molecular complexity index is 748. The van der Waals surface area contributed by atoms with Crippen molar-refractivity contribution in [1.29, 1.82) is 0 Å². The lowest BCUT2D eigenvalue weighted by molar-refractivity contribution is -0.123. The standard InChI is InChI=1S/C23H37N3O4/c1-8-18(25-21(27)11-14(2)3)22-17-13-20(30-7)19(29-6)12-16(17)9-10-26(22)23(28)24-15(4)5/h12-15,18,22H,8-11H2,1-7H3,(H,24,28)(H,25,27). The molecule has 168 valence electrons. The summed E-state index contributed by atoms with van der Waals surface area (Å²) in [5, 5.41) is 6.19. The normalized spacial score (nSPS) is 16.8. The Labute approximate surface area is 180 Å². The number of nitrogens with zero attached hydrogens (tertiary/aromatic N) is 1. The monoisotopic (exact) mass is 419 g/mol. The number of urea groups is 1. The molecule has 2 atom stereocenters. The van der Waals surface area contributed by atoms with Gasteiger partial charge in [0.2, 0.25) is 5.91 Å². The molecule has 2 N–H and O–H groups in total. The quantitative estimate of drug-likeness (QED) is 0.674. The van der Waals surface area contributed by atoms with Crippen LogP contribution in [0.15, 0.2) is 12.1 Å². The average molecular weight is 420 g/mol. The van der Waals surface area contributed by atoms with E-state index in [-0.39, 0.29) is 36.0 Å². The van der Waals surface area contributed by atoms with E-state index in [1.54, 1.807) is 14.2 Å². The van der Waals surface area contributed by atoms with Gasteiger partial charge in [0.1, 0.15) is 0 Å². The van der Waals surface area contributed by atoms with Gasteiger partial charge in [-0.2, -0.15) is 0 Å². The van der Waals surface area contributed by atoms with Crippen molar-refractivity contribution in [2.75, 3.05) is 20.8 Å². The van der Waals surface area contributed by atoms with Crippen LogP contribution in [0.1, 0.15) is 64.6 Å². The van der Waals surface area contributed by atoms with Gasteiger partial charge in [-0.3, -0.25) is 4.79 Å². The summed E-state index contributed by atoms with van der Waals surface area (Å²) in [5.74, 6) is 1.57. The maximum atomic E-state index is 13.0. The van der Waals surface area contributed by atoms with Crippen molar-refractivity contribution in [2.45, 2.75) is 72.0 Å². The third-order valence-corrected chi connectivity index (χ3v) is 5.36. The zero-order chi connectivity index (χ0) is 22.4. The van der Waals surface area contributed by atoms with E-state index in [0.29, 0.717) is 37.3 Å². The number of rotatable bonds is 8. The molecular weight excluding hydrogens is 382 g/mol. The van der Waals surface area contributed by atoms with Gasteiger partial charge >= 0.3 is 6.03 Å². The fourth-order valence-electron chi connectivity index (χ4n) is 4.01. The Morgan fingerprint density at radius 1 is 1.10 bits per heavy atom. The lowest BCUT2D eigenvalue weighted by Gasteiger charge is -2.42. The van der Waals surface area contributed by atoms with Crippen LogP contribution in [0.4, 0.5) is 4.79 Å². The first-order valence-corrected chi connectivity index (χ1v) is 10.8. The number of hydrogen-bond donors (Lipinski definition) is 2. The molecule has 30 heavy (non-hydrogen) atoms. The summed E-state index contributed by atoms with van der Waals surface area (Å²) >= 11 is 0. The van der Waals surface area contributed by atoms with E-state index in [9.17, 15) is 9.59 Å². The molecule has 0 radical (unpaired) electrons. The highest BCUT2D eigenvalue weighted by molar-refractivity contribution is 5.78. The van der Waals surface area contributed by atoms with Crippen LogP contribution < -0.4 is 20.1 Å². The number of benzene rings is 1. The van der Waals surface area contributed by atoms with Crippen molar-refractivity contribution in [3.8, 4) is 11.5 Å². The topological polar surface area (TPSA) is 79.9 Å². The zero-order valence-electron chi connectivity index (χ0n) is 19.4. The summed E-state index contributed by atoms with van der Waals surface area (Å²) in [4.78, 5) is 27.5. The molecule has 3 amide bonds. The largest absolute Gasteiger partial charge is 0.493 e. The third kappa shape index (κ3) is 5.58. The Kier molecular flexibility index (Phi) is 8.38. The van der Waals surface area contributed by atoms with Crippen LogP contribution in [0, 0.1) is 5.92 Å². The minimum Gasteiger partial charge on any atom is -0.493 e. The van der Waals surface area contributed by atoms with Crippen LogP contribution in [0.25, 0.3) is 0 Å². The summed E-state index contributed by atoms with van der Waals surface area (Å²) in [6.07, 6.45) is 1.88. The second-order valence-corrected chi connectivity index (χ2v) is 8.58. The Morgan fingerprint density at radius 3 is 2.27 bits per heavy atom. The average Bonchev–Trinajstić information content (AvgIpc) is 2.68. The van der Waals surface area contributed by atoms with Gasteiger partial charge in [-0.1, -0.05) is 20.8 Å². The maximum Gasteiger partial charge on any atom is 0.318 e. The molecule has 1 aromatic rings. The summed E-state index contributed by atoms with van der Waals surface area (Å²) in [5.41, 5.74) is 2.11. The lowest BCUT2D eigenvalue weighted by atomic mass is 9.86. The van der Waals surface area contributed by atoms with Gasteiger partial charge in [0.25, 0.3) is 0 Å². The van der Waals surface area contributed by atoms with Crippen molar-refractivity contribution >= 4 is 11.9 Å². The molecule has 0 aromatic heterocycles. The van der Waals surface area contributed by atoms with Crippen LogP contribution in [0.2, 0.25) is 0 Å². The van der Waals surface area contributed by atoms with E-state index in [1.807, 2.05) is 51.7 Å². The molecule has 0 bridgehead atoms. The number of amides is 3. The van der Waals surface area contributed by atoms with Gasteiger partial charge in [-0.05, 0) is 55.9 Å². The maximum absolute atomic E-state index is 13.0. The number of ether oxygens (including phenoxy) is 2. The second kappa shape index (κ2) is 10.5. The van der Waals surface area contributed by atoms with E-state index >= 15 is 0 Å².